The second-order valence-electron chi connectivity index (χ2n) is 5.45. The van der Waals surface area contributed by atoms with E-state index in [0.29, 0.717) is 23.7 Å². The van der Waals surface area contributed by atoms with Gasteiger partial charge in [0.05, 0.1) is 19.3 Å². The molecule has 6 heteroatoms. The quantitative estimate of drug-likeness (QED) is 0.682. The number of benzene rings is 2. The number of methoxy groups -OCH3 is 2. The Morgan fingerprint density at radius 3 is 2.52 bits per heavy atom. The summed E-state index contributed by atoms with van der Waals surface area (Å²) in [7, 11) is 2.87. The van der Waals surface area contributed by atoms with Gasteiger partial charge in [-0.25, -0.2) is 9.18 Å². The van der Waals surface area contributed by atoms with Crippen LogP contribution in [0.5, 0.6) is 11.5 Å². The van der Waals surface area contributed by atoms with Crippen LogP contribution in [-0.4, -0.2) is 32.9 Å². The van der Waals surface area contributed by atoms with E-state index in [1.54, 1.807) is 37.4 Å². The van der Waals surface area contributed by atoms with E-state index < -0.39 is 5.97 Å². The molecule has 2 rings (SSSR count). The number of carbonyl (C=O) groups excluding carboxylic acids is 1. The van der Waals surface area contributed by atoms with Crippen molar-refractivity contribution in [3.05, 3.63) is 59.4 Å². The van der Waals surface area contributed by atoms with E-state index in [0.717, 1.165) is 0 Å². The first-order valence-corrected chi connectivity index (χ1v) is 7.78. The highest BCUT2D eigenvalue weighted by molar-refractivity contribution is 5.90. The molecule has 1 atom stereocenters. The van der Waals surface area contributed by atoms with Crippen molar-refractivity contribution in [1.29, 1.82) is 0 Å². The van der Waals surface area contributed by atoms with Gasteiger partial charge in [-0.2, -0.15) is 0 Å². The zero-order valence-electron chi connectivity index (χ0n) is 14.5. The molecule has 0 N–H and O–H groups in total. The van der Waals surface area contributed by atoms with Gasteiger partial charge in [0.1, 0.15) is 30.0 Å². The summed E-state index contributed by atoms with van der Waals surface area (Å²) in [6, 6.07) is 11.1. The molecule has 0 bridgehead atoms. The number of halogens is 1. The lowest BCUT2D eigenvalue weighted by Gasteiger charge is -2.16. The van der Waals surface area contributed by atoms with Crippen LogP contribution in [0.3, 0.4) is 0 Å². The number of rotatable bonds is 8. The summed E-state index contributed by atoms with van der Waals surface area (Å²) in [5.74, 6) is -0.0425. The maximum absolute atomic E-state index is 13.7. The Kier molecular flexibility index (Phi) is 6.77. The van der Waals surface area contributed by atoms with Gasteiger partial charge in [0.2, 0.25) is 0 Å². The largest absolute Gasteiger partial charge is 0.489 e. The molecule has 5 nitrogen and oxygen atoms in total. The van der Waals surface area contributed by atoms with Gasteiger partial charge in [-0.05, 0) is 25.1 Å². The standard InChI is InChI=1S/C19H21FO5/c1-13(11-22-2)25-17-9-15(19(21)23-3)8-16(10-17)24-12-14-6-4-5-7-18(14)20/h4-10,13H,11-12H2,1-3H3. The van der Waals surface area contributed by atoms with Crippen LogP contribution in [0.15, 0.2) is 42.5 Å². The fourth-order valence-corrected chi connectivity index (χ4v) is 2.24. The van der Waals surface area contributed by atoms with E-state index in [2.05, 4.69) is 0 Å². The second kappa shape index (κ2) is 9.03. The fraction of sp³-hybridized carbons (Fsp3) is 0.316. The lowest BCUT2D eigenvalue weighted by molar-refractivity contribution is 0.0598. The molecule has 0 spiro atoms. The molecule has 0 radical (unpaired) electrons. The molecular weight excluding hydrogens is 327 g/mol. The van der Waals surface area contributed by atoms with Crippen molar-refractivity contribution >= 4 is 5.97 Å². The summed E-state index contributed by atoms with van der Waals surface area (Å²) in [5, 5.41) is 0. The summed E-state index contributed by atoms with van der Waals surface area (Å²) in [6.07, 6.45) is -0.211. The van der Waals surface area contributed by atoms with E-state index in [-0.39, 0.29) is 24.1 Å². The van der Waals surface area contributed by atoms with Gasteiger partial charge in [-0.1, -0.05) is 18.2 Å². The van der Waals surface area contributed by atoms with Gasteiger partial charge in [0, 0.05) is 18.7 Å². The minimum absolute atomic E-state index is 0.0321. The number of carbonyl (C=O) groups is 1. The van der Waals surface area contributed by atoms with Crippen LogP contribution in [0, 0.1) is 5.82 Å². The SMILES string of the molecule is COCC(C)Oc1cc(OCc2ccccc2F)cc(C(=O)OC)c1. The van der Waals surface area contributed by atoms with Crippen LogP contribution < -0.4 is 9.47 Å². The maximum Gasteiger partial charge on any atom is 0.338 e. The second-order valence-corrected chi connectivity index (χ2v) is 5.45. The summed E-state index contributed by atoms with van der Waals surface area (Å²) in [4.78, 5) is 11.8. The Morgan fingerprint density at radius 1 is 1.12 bits per heavy atom. The Morgan fingerprint density at radius 2 is 1.84 bits per heavy atom. The molecule has 0 fully saturated rings. The van der Waals surface area contributed by atoms with Gasteiger partial charge in [0.25, 0.3) is 0 Å². The minimum Gasteiger partial charge on any atom is -0.489 e. The Balaban J connectivity index is 2.20. The van der Waals surface area contributed by atoms with Crippen molar-refractivity contribution in [1.82, 2.24) is 0 Å². The first kappa shape index (κ1) is 18.7. The summed E-state index contributed by atoms with van der Waals surface area (Å²) in [5.41, 5.74) is 0.703. The number of hydrogen-bond acceptors (Lipinski definition) is 5. The maximum atomic E-state index is 13.7. The predicted octanol–water partition coefficient (Wildman–Crippen LogP) is 3.61. The van der Waals surface area contributed by atoms with Crippen molar-refractivity contribution in [2.45, 2.75) is 19.6 Å². The molecule has 134 valence electrons. The number of esters is 1. The van der Waals surface area contributed by atoms with Crippen molar-refractivity contribution in [2.24, 2.45) is 0 Å². The fourth-order valence-electron chi connectivity index (χ4n) is 2.24. The third kappa shape index (κ3) is 5.46. The van der Waals surface area contributed by atoms with Crippen LogP contribution in [-0.2, 0) is 16.1 Å². The smallest absolute Gasteiger partial charge is 0.338 e. The first-order chi connectivity index (χ1) is 12.0. The molecule has 2 aromatic rings. The van der Waals surface area contributed by atoms with E-state index in [1.165, 1.54) is 19.2 Å². The van der Waals surface area contributed by atoms with Crippen molar-refractivity contribution in [3.63, 3.8) is 0 Å². The molecule has 0 saturated heterocycles. The van der Waals surface area contributed by atoms with Gasteiger partial charge in [-0.3, -0.25) is 0 Å². The van der Waals surface area contributed by atoms with Gasteiger partial charge >= 0.3 is 5.97 Å². The van der Waals surface area contributed by atoms with Crippen LogP contribution in [0.1, 0.15) is 22.8 Å². The molecule has 25 heavy (non-hydrogen) atoms. The van der Waals surface area contributed by atoms with Crippen LogP contribution in [0.25, 0.3) is 0 Å². The molecule has 0 heterocycles. The Hall–Kier alpha value is -2.60. The lowest BCUT2D eigenvalue weighted by Crippen LogP contribution is -2.18. The third-order valence-corrected chi connectivity index (χ3v) is 3.39. The molecule has 1 unspecified atom stereocenters. The zero-order valence-corrected chi connectivity index (χ0v) is 14.5. The van der Waals surface area contributed by atoms with Gasteiger partial charge in [-0.15, -0.1) is 0 Å². The van der Waals surface area contributed by atoms with Crippen LogP contribution >= 0.6 is 0 Å². The number of ether oxygens (including phenoxy) is 4. The molecular formula is C19H21FO5. The predicted molar refractivity (Wildman–Crippen MR) is 90.5 cm³/mol. The molecule has 0 aliphatic rings. The summed E-state index contributed by atoms with van der Waals surface area (Å²) >= 11 is 0. The van der Waals surface area contributed by atoms with E-state index in [4.69, 9.17) is 18.9 Å². The molecule has 0 saturated carbocycles. The molecule has 0 amide bonds. The highest BCUT2D eigenvalue weighted by Crippen LogP contribution is 2.25. The van der Waals surface area contributed by atoms with E-state index in [1.807, 2.05) is 6.92 Å². The third-order valence-electron chi connectivity index (χ3n) is 3.39. The molecule has 2 aromatic carbocycles. The average Bonchev–Trinajstić information content (AvgIpc) is 2.60. The van der Waals surface area contributed by atoms with Crippen LogP contribution in [0.2, 0.25) is 0 Å². The monoisotopic (exact) mass is 348 g/mol. The van der Waals surface area contributed by atoms with E-state index in [9.17, 15) is 9.18 Å². The van der Waals surface area contributed by atoms with Crippen LogP contribution in [0.4, 0.5) is 4.39 Å². The van der Waals surface area contributed by atoms with E-state index >= 15 is 0 Å². The number of hydrogen-bond donors (Lipinski definition) is 0. The van der Waals surface area contributed by atoms with Crippen molar-refractivity contribution in [3.8, 4) is 11.5 Å². The molecule has 0 aromatic heterocycles. The Bertz CT molecular complexity index is 717. The topological polar surface area (TPSA) is 54.0 Å². The zero-order chi connectivity index (χ0) is 18.2. The van der Waals surface area contributed by atoms with Crippen molar-refractivity contribution in [2.75, 3.05) is 20.8 Å². The lowest BCUT2D eigenvalue weighted by atomic mass is 10.2. The highest BCUT2D eigenvalue weighted by atomic mass is 19.1. The van der Waals surface area contributed by atoms with Crippen molar-refractivity contribution < 1.29 is 28.1 Å². The normalized spacial score (nSPS) is 11.7. The average molecular weight is 348 g/mol. The minimum atomic E-state index is -0.513. The molecule has 0 aliphatic heterocycles. The first-order valence-electron chi connectivity index (χ1n) is 7.78. The summed E-state index contributed by atoms with van der Waals surface area (Å²) in [6.45, 7) is 2.27. The molecule has 0 aliphatic carbocycles. The summed E-state index contributed by atoms with van der Waals surface area (Å²) < 4.78 is 34.8. The Labute approximate surface area is 146 Å². The van der Waals surface area contributed by atoms with Gasteiger partial charge in [0.15, 0.2) is 0 Å². The highest BCUT2D eigenvalue weighted by Gasteiger charge is 2.13. The van der Waals surface area contributed by atoms with Gasteiger partial charge < -0.3 is 18.9 Å².